The van der Waals surface area contributed by atoms with Crippen LogP contribution >= 0.6 is 0 Å². The van der Waals surface area contributed by atoms with E-state index >= 15 is 0 Å². The van der Waals surface area contributed by atoms with Crippen LogP contribution < -0.4 is 11.5 Å². The summed E-state index contributed by atoms with van der Waals surface area (Å²) in [5.41, 5.74) is 10.2. The molecule has 7 N–H and O–H groups in total. The van der Waals surface area contributed by atoms with Gasteiger partial charge < -0.3 is 26.8 Å². The summed E-state index contributed by atoms with van der Waals surface area (Å²) in [7, 11) is 0. The van der Waals surface area contributed by atoms with Gasteiger partial charge in [0.05, 0.1) is 12.7 Å². The molecule has 0 spiro atoms. The summed E-state index contributed by atoms with van der Waals surface area (Å²) in [4.78, 5) is 10.5. The monoisotopic (exact) mass is 230 g/mol. The molecule has 2 unspecified atom stereocenters. The summed E-state index contributed by atoms with van der Waals surface area (Å²) in [5.74, 6) is -1.03. The van der Waals surface area contributed by atoms with Crippen LogP contribution in [0.15, 0.2) is 23.9 Å². The first kappa shape index (κ1) is 14.6. The van der Waals surface area contributed by atoms with Crippen molar-refractivity contribution in [3.8, 4) is 0 Å². The first-order valence-corrected chi connectivity index (χ1v) is 4.78. The highest BCUT2D eigenvalue weighted by Gasteiger charge is 2.31. The molecule has 16 heavy (non-hydrogen) atoms. The van der Waals surface area contributed by atoms with Gasteiger partial charge in [0.2, 0.25) is 0 Å². The number of carboxylic acids is 1. The Morgan fingerprint density at radius 1 is 1.69 bits per heavy atom. The molecular formula is C10H18N2O4. The van der Waals surface area contributed by atoms with Crippen molar-refractivity contribution in [1.82, 2.24) is 0 Å². The molecule has 0 heterocycles. The predicted molar refractivity (Wildman–Crippen MR) is 59.3 cm³/mol. The summed E-state index contributed by atoms with van der Waals surface area (Å²) in [6.07, 6.45) is 4.22. The number of aliphatic carboxylic acids is 1. The third kappa shape index (κ3) is 4.92. The molecule has 0 bridgehead atoms. The second-order valence-corrected chi connectivity index (χ2v) is 3.62. The van der Waals surface area contributed by atoms with Gasteiger partial charge in [-0.1, -0.05) is 12.2 Å². The predicted octanol–water partition coefficient (Wildman–Crippen LogP) is -1.07. The molecule has 1 rings (SSSR count). The zero-order valence-electron chi connectivity index (χ0n) is 9.13. The van der Waals surface area contributed by atoms with E-state index in [2.05, 4.69) is 0 Å². The largest absolute Gasteiger partial charge is 0.480 e. The molecule has 6 nitrogen and oxygen atoms in total. The maximum atomic E-state index is 10.5. The fourth-order valence-corrected chi connectivity index (χ4v) is 0.826. The van der Waals surface area contributed by atoms with Gasteiger partial charge in [0.15, 0.2) is 0 Å². The Morgan fingerprint density at radius 2 is 2.19 bits per heavy atom. The van der Waals surface area contributed by atoms with Gasteiger partial charge in [-0.15, -0.1) is 0 Å². The van der Waals surface area contributed by atoms with Crippen molar-refractivity contribution in [1.29, 1.82) is 0 Å². The van der Waals surface area contributed by atoms with E-state index in [1.807, 2.05) is 0 Å². The van der Waals surface area contributed by atoms with Crippen LogP contribution in [0.3, 0.4) is 0 Å². The van der Waals surface area contributed by atoms with Crippen molar-refractivity contribution in [3.05, 3.63) is 23.9 Å². The quantitative estimate of drug-likeness (QED) is 0.410. The second-order valence-electron chi connectivity index (χ2n) is 3.62. The minimum Gasteiger partial charge on any atom is -0.480 e. The van der Waals surface area contributed by atoms with E-state index in [0.29, 0.717) is 5.70 Å². The fourth-order valence-electron chi connectivity index (χ4n) is 0.826. The lowest BCUT2D eigenvalue weighted by molar-refractivity contribution is -0.141. The highest BCUT2D eigenvalue weighted by atomic mass is 16.4. The Hall–Kier alpha value is -1.37. The number of allylic oxidation sites excluding steroid dienone is 1. The molecule has 0 amide bonds. The number of carboxylic acid groups (broad SMARTS) is 1. The molecule has 0 aromatic heterocycles. The number of hydrogen-bond acceptors (Lipinski definition) is 5. The molecule has 0 aliphatic heterocycles. The van der Waals surface area contributed by atoms with Gasteiger partial charge in [0.25, 0.3) is 0 Å². The molecular weight excluding hydrogens is 212 g/mol. The summed E-state index contributed by atoms with van der Waals surface area (Å²) in [6, 6.07) is 0. The van der Waals surface area contributed by atoms with Crippen molar-refractivity contribution in [2.45, 2.75) is 25.0 Å². The van der Waals surface area contributed by atoms with E-state index in [1.165, 1.54) is 19.1 Å². The molecule has 2 atom stereocenters. The van der Waals surface area contributed by atoms with Crippen LogP contribution in [0.5, 0.6) is 0 Å². The number of carbonyl (C=O) groups is 1. The van der Waals surface area contributed by atoms with Gasteiger partial charge in [0, 0.05) is 12.1 Å². The lowest BCUT2D eigenvalue weighted by Crippen LogP contribution is -2.46. The Kier molecular flexibility index (Phi) is 5.73. The van der Waals surface area contributed by atoms with Gasteiger partial charge in [-0.3, -0.25) is 0 Å². The average molecular weight is 230 g/mol. The normalized spacial score (nSPS) is 25.1. The first-order chi connectivity index (χ1) is 7.31. The minimum absolute atomic E-state index is 0.139. The topological polar surface area (TPSA) is 130 Å². The molecule has 1 aliphatic carbocycles. The Balaban J connectivity index is 0.000000385. The summed E-state index contributed by atoms with van der Waals surface area (Å²) in [5, 5.41) is 24.6. The first-order valence-electron chi connectivity index (χ1n) is 4.78. The standard InChI is InChI=1S/C7H10N2O2.C3H8O2/c8-5-1-3-7(9,4-2-5)6(10)11;1-3(5)2-4/h1-3H,4,8-9H2,(H,10,11);3-5H,2H2,1H3. The lowest BCUT2D eigenvalue weighted by atomic mass is 9.92. The van der Waals surface area contributed by atoms with Crippen LogP contribution in [-0.2, 0) is 4.79 Å². The lowest BCUT2D eigenvalue weighted by Gasteiger charge is -2.21. The molecule has 6 heteroatoms. The van der Waals surface area contributed by atoms with E-state index in [-0.39, 0.29) is 13.0 Å². The summed E-state index contributed by atoms with van der Waals surface area (Å²) in [6.45, 7) is 1.39. The molecule has 0 aromatic carbocycles. The van der Waals surface area contributed by atoms with Crippen LogP contribution in [0.2, 0.25) is 0 Å². The van der Waals surface area contributed by atoms with Crippen molar-refractivity contribution >= 4 is 5.97 Å². The van der Waals surface area contributed by atoms with E-state index in [1.54, 1.807) is 6.08 Å². The summed E-state index contributed by atoms with van der Waals surface area (Å²) >= 11 is 0. The zero-order valence-corrected chi connectivity index (χ0v) is 9.13. The van der Waals surface area contributed by atoms with Gasteiger partial charge >= 0.3 is 5.97 Å². The highest BCUT2D eigenvalue weighted by Crippen LogP contribution is 2.16. The van der Waals surface area contributed by atoms with E-state index < -0.39 is 17.6 Å². The molecule has 0 saturated heterocycles. The average Bonchev–Trinajstić information content (AvgIpc) is 2.23. The van der Waals surface area contributed by atoms with Crippen molar-refractivity contribution in [3.63, 3.8) is 0 Å². The van der Waals surface area contributed by atoms with Crippen LogP contribution in [0.25, 0.3) is 0 Å². The van der Waals surface area contributed by atoms with E-state index in [0.717, 1.165) is 0 Å². The molecule has 1 aliphatic rings. The Bertz CT molecular complexity index is 299. The summed E-state index contributed by atoms with van der Waals surface area (Å²) < 4.78 is 0. The number of aliphatic hydroxyl groups excluding tert-OH is 2. The molecule has 0 radical (unpaired) electrons. The second kappa shape index (κ2) is 6.26. The maximum Gasteiger partial charge on any atom is 0.328 e. The van der Waals surface area contributed by atoms with Crippen LogP contribution in [0, 0.1) is 0 Å². The molecule has 0 saturated carbocycles. The van der Waals surface area contributed by atoms with Gasteiger partial charge in [0.1, 0.15) is 5.54 Å². The Labute approximate surface area is 93.9 Å². The third-order valence-corrected chi connectivity index (χ3v) is 1.91. The van der Waals surface area contributed by atoms with Crippen LogP contribution in [0.1, 0.15) is 13.3 Å². The number of hydrogen-bond donors (Lipinski definition) is 5. The molecule has 0 aromatic rings. The van der Waals surface area contributed by atoms with Crippen molar-refractivity contribution in [2.24, 2.45) is 11.5 Å². The van der Waals surface area contributed by atoms with E-state index in [9.17, 15) is 4.79 Å². The van der Waals surface area contributed by atoms with E-state index in [4.69, 9.17) is 26.8 Å². The number of rotatable bonds is 2. The van der Waals surface area contributed by atoms with Gasteiger partial charge in [-0.25, -0.2) is 4.79 Å². The zero-order chi connectivity index (χ0) is 12.8. The highest BCUT2D eigenvalue weighted by molar-refractivity contribution is 5.82. The van der Waals surface area contributed by atoms with Gasteiger partial charge in [-0.05, 0) is 13.0 Å². The Morgan fingerprint density at radius 3 is 2.44 bits per heavy atom. The maximum absolute atomic E-state index is 10.5. The third-order valence-electron chi connectivity index (χ3n) is 1.91. The number of nitrogens with two attached hydrogens (primary N) is 2. The fraction of sp³-hybridized carbons (Fsp3) is 0.500. The van der Waals surface area contributed by atoms with Crippen LogP contribution in [0.4, 0.5) is 0 Å². The van der Waals surface area contributed by atoms with Crippen LogP contribution in [-0.4, -0.2) is 39.5 Å². The minimum atomic E-state index is -1.26. The number of aliphatic hydroxyl groups is 2. The SMILES string of the molecule is CC(O)CO.NC1=CCC(N)(C(=O)O)C=C1. The van der Waals surface area contributed by atoms with Gasteiger partial charge in [-0.2, -0.15) is 0 Å². The van der Waals surface area contributed by atoms with Crippen molar-refractivity contribution in [2.75, 3.05) is 6.61 Å². The molecule has 92 valence electrons. The smallest absolute Gasteiger partial charge is 0.328 e. The molecule has 0 fully saturated rings. The van der Waals surface area contributed by atoms with Crippen molar-refractivity contribution < 1.29 is 20.1 Å².